The number of hydrogen-bond donors (Lipinski definition) is 0. The fraction of sp³-hybridized carbons (Fsp3) is 0.500. The van der Waals surface area contributed by atoms with Crippen LogP contribution in [0.2, 0.25) is 0 Å². The molecule has 1 atom stereocenters. The molecule has 0 bridgehead atoms. The Morgan fingerprint density at radius 3 is 1.65 bits per heavy atom. The Balaban J connectivity index is 5.20. The van der Waals surface area contributed by atoms with Crippen LogP contribution in [0, 0.1) is 0 Å². The summed E-state index contributed by atoms with van der Waals surface area (Å²) in [5.41, 5.74) is 0. The molecule has 0 amide bonds. The summed E-state index contributed by atoms with van der Waals surface area (Å²) in [6, 6.07) is 0. The second kappa shape index (κ2) is 4.84. The van der Waals surface area contributed by atoms with Gasteiger partial charge in [-0.3, -0.25) is 0 Å². The molecule has 17 heavy (non-hydrogen) atoms. The third kappa shape index (κ3) is 3.27. The van der Waals surface area contributed by atoms with Crippen LogP contribution in [0.15, 0.2) is 11.9 Å². The Hall–Kier alpha value is -1.42. The summed E-state index contributed by atoms with van der Waals surface area (Å²) in [5.74, 6) is -12.3. The van der Waals surface area contributed by atoms with Gasteiger partial charge in [0, 0.05) is 0 Å². The Morgan fingerprint density at radius 1 is 1.00 bits per heavy atom. The quantitative estimate of drug-likeness (QED) is 0.450. The van der Waals surface area contributed by atoms with Crippen LogP contribution in [0.3, 0.4) is 0 Å². The van der Waals surface area contributed by atoms with Crippen molar-refractivity contribution in [3.63, 3.8) is 0 Å². The van der Waals surface area contributed by atoms with Crippen molar-refractivity contribution in [3.05, 3.63) is 11.9 Å². The largest absolute Gasteiger partial charge is 0.466 e. The van der Waals surface area contributed by atoms with Gasteiger partial charge in [0.1, 0.15) is 0 Å². The Labute approximate surface area is 86.6 Å². The summed E-state index contributed by atoms with van der Waals surface area (Å²) in [6.07, 6.45) is -14.8. The smallest absolute Gasteiger partial charge is 0.409 e. The zero-order chi connectivity index (χ0) is 14.0. The molecule has 0 saturated heterocycles. The topological polar surface area (TPSA) is 26.3 Å². The molecule has 0 aromatic rings. The highest BCUT2D eigenvalue weighted by Crippen LogP contribution is 2.40. The SMILES string of the molecule is O=C(OC(F)(C(F)F)C(F)(F)F)C(F)=C(F)F. The van der Waals surface area contributed by atoms with Crippen molar-refractivity contribution in [3.8, 4) is 0 Å². The first-order chi connectivity index (χ1) is 7.43. The zero-order valence-electron chi connectivity index (χ0n) is 7.30. The normalized spacial score (nSPS) is 15.4. The van der Waals surface area contributed by atoms with Crippen molar-refractivity contribution in [1.82, 2.24) is 0 Å². The molecule has 1 unspecified atom stereocenters. The van der Waals surface area contributed by atoms with Gasteiger partial charge in [-0.2, -0.15) is 30.7 Å². The molecule has 100 valence electrons. The Morgan fingerprint density at radius 2 is 1.41 bits per heavy atom. The summed E-state index contributed by atoms with van der Waals surface area (Å²) >= 11 is 0. The predicted molar refractivity (Wildman–Crippen MR) is 32.3 cm³/mol. The lowest BCUT2D eigenvalue weighted by Crippen LogP contribution is -2.51. The predicted octanol–water partition coefficient (Wildman–Crippen LogP) is 3.10. The van der Waals surface area contributed by atoms with Crippen LogP contribution in [0.1, 0.15) is 0 Å². The number of carbonyl (C=O) groups excluding carboxylic acids is 1. The summed E-state index contributed by atoms with van der Waals surface area (Å²) < 4.78 is 108. The highest BCUT2D eigenvalue weighted by molar-refractivity contribution is 5.86. The second-order valence-electron chi connectivity index (χ2n) is 2.41. The van der Waals surface area contributed by atoms with E-state index in [0.29, 0.717) is 0 Å². The molecule has 0 radical (unpaired) electrons. The highest BCUT2D eigenvalue weighted by Gasteiger charge is 2.67. The van der Waals surface area contributed by atoms with Gasteiger partial charge in [-0.1, -0.05) is 0 Å². The lowest BCUT2D eigenvalue weighted by atomic mass is 10.3. The summed E-state index contributed by atoms with van der Waals surface area (Å²) in [4.78, 5) is 10.1. The van der Waals surface area contributed by atoms with Gasteiger partial charge in [-0.05, 0) is 0 Å². The number of alkyl halides is 6. The standard InChI is InChI=1S/C6HF9O2/c7-1(2(8)9)3(16)17-5(12,4(10)11)6(13,14)15/h4H. The first kappa shape index (κ1) is 15.6. The van der Waals surface area contributed by atoms with E-state index < -0.39 is 36.3 Å². The van der Waals surface area contributed by atoms with E-state index in [1.165, 1.54) is 0 Å². The minimum atomic E-state index is -6.41. The fourth-order valence-electron chi connectivity index (χ4n) is 0.483. The number of rotatable bonds is 3. The van der Waals surface area contributed by atoms with E-state index in [4.69, 9.17) is 0 Å². The molecule has 2 nitrogen and oxygen atoms in total. The van der Waals surface area contributed by atoms with E-state index in [0.717, 1.165) is 0 Å². The minimum Gasteiger partial charge on any atom is -0.409 e. The van der Waals surface area contributed by atoms with Crippen LogP contribution < -0.4 is 0 Å². The van der Waals surface area contributed by atoms with Gasteiger partial charge in [0.05, 0.1) is 0 Å². The van der Waals surface area contributed by atoms with Crippen LogP contribution >= 0.6 is 0 Å². The minimum absolute atomic E-state index is 2.39. The number of carbonyl (C=O) groups is 1. The van der Waals surface area contributed by atoms with E-state index in [1.807, 2.05) is 0 Å². The van der Waals surface area contributed by atoms with Crippen LogP contribution in [0.25, 0.3) is 0 Å². The van der Waals surface area contributed by atoms with Gasteiger partial charge in [0.2, 0.25) is 0 Å². The molecule has 0 aromatic heterocycles. The molecule has 0 aliphatic heterocycles. The van der Waals surface area contributed by atoms with Crippen LogP contribution in [-0.2, 0) is 9.53 Å². The van der Waals surface area contributed by atoms with Crippen molar-refractivity contribution in [2.45, 2.75) is 18.5 Å². The molecular weight excluding hydrogens is 275 g/mol. The zero-order valence-corrected chi connectivity index (χ0v) is 7.30. The van der Waals surface area contributed by atoms with E-state index >= 15 is 0 Å². The molecule has 0 heterocycles. The fourth-order valence-corrected chi connectivity index (χ4v) is 0.483. The van der Waals surface area contributed by atoms with Gasteiger partial charge >= 0.3 is 30.5 Å². The lowest BCUT2D eigenvalue weighted by Gasteiger charge is -2.25. The van der Waals surface area contributed by atoms with Crippen LogP contribution in [0.5, 0.6) is 0 Å². The molecule has 0 aliphatic carbocycles. The van der Waals surface area contributed by atoms with E-state index in [2.05, 4.69) is 4.74 Å². The highest BCUT2D eigenvalue weighted by atomic mass is 19.4. The maximum atomic E-state index is 12.5. The molecule has 0 saturated carbocycles. The first-order valence-electron chi connectivity index (χ1n) is 3.41. The second-order valence-corrected chi connectivity index (χ2v) is 2.41. The Bertz CT molecular complexity index is 329. The molecular formula is C6HF9O2. The average molecular weight is 276 g/mol. The first-order valence-corrected chi connectivity index (χ1v) is 3.41. The monoisotopic (exact) mass is 276 g/mol. The number of halogens is 9. The van der Waals surface area contributed by atoms with Gasteiger partial charge in [0.25, 0.3) is 5.83 Å². The third-order valence-electron chi connectivity index (χ3n) is 1.25. The van der Waals surface area contributed by atoms with Crippen LogP contribution in [0.4, 0.5) is 39.5 Å². The lowest BCUT2D eigenvalue weighted by molar-refractivity contribution is -0.355. The summed E-state index contributed by atoms with van der Waals surface area (Å²) in [5, 5.41) is 0. The molecule has 0 fully saturated rings. The van der Waals surface area contributed by atoms with E-state index in [1.54, 1.807) is 0 Å². The van der Waals surface area contributed by atoms with Crippen molar-refractivity contribution < 1.29 is 49.0 Å². The number of esters is 1. The van der Waals surface area contributed by atoms with Crippen molar-refractivity contribution in [2.75, 3.05) is 0 Å². The van der Waals surface area contributed by atoms with Crippen LogP contribution in [-0.4, -0.2) is 24.4 Å². The summed E-state index contributed by atoms with van der Waals surface area (Å²) in [7, 11) is 0. The molecule has 11 heteroatoms. The van der Waals surface area contributed by atoms with Crippen molar-refractivity contribution >= 4 is 5.97 Å². The maximum Gasteiger partial charge on any atom is 0.466 e. The van der Waals surface area contributed by atoms with Gasteiger partial charge < -0.3 is 4.74 Å². The Kier molecular flexibility index (Phi) is 4.43. The van der Waals surface area contributed by atoms with Gasteiger partial charge in [0.15, 0.2) is 0 Å². The van der Waals surface area contributed by atoms with Crippen molar-refractivity contribution in [1.29, 1.82) is 0 Å². The molecule has 0 aliphatic rings. The van der Waals surface area contributed by atoms with E-state index in [9.17, 15) is 44.3 Å². The van der Waals surface area contributed by atoms with E-state index in [-0.39, 0.29) is 0 Å². The molecule has 0 N–H and O–H groups in total. The van der Waals surface area contributed by atoms with Crippen molar-refractivity contribution in [2.24, 2.45) is 0 Å². The van der Waals surface area contributed by atoms with Gasteiger partial charge in [-0.15, -0.1) is 0 Å². The molecule has 0 rings (SSSR count). The number of ether oxygens (including phenoxy) is 1. The summed E-state index contributed by atoms with van der Waals surface area (Å²) in [6.45, 7) is 0. The number of hydrogen-bond acceptors (Lipinski definition) is 2. The molecule has 0 spiro atoms. The third-order valence-corrected chi connectivity index (χ3v) is 1.25. The average Bonchev–Trinajstić information content (AvgIpc) is 2.13. The molecule has 0 aromatic carbocycles. The van der Waals surface area contributed by atoms with Gasteiger partial charge in [-0.25, -0.2) is 13.6 Å². The maximum absolute atomic E-state index is 12.5.